The summed E-state index contributed by atoms with van der Waals surface area (Å²) in [4.78, 5) is 4.77. The van der Waals surface area contributed by atoms with Crippen molar-refractivity contribution in [2.24, 2.45) is 0 Å². The molecule has 0 aliphatic heterocycles. The van der Waals surface area contributed by atoms with E-state index in [0.29, 0.717) is 0 Å². The topological polar surface area (TPSA) is 15.7 Å². The number of ether oxygens (including phenoxy) is 1. The standard InChI is InChI=1S/C21H38N3O/c1-6-13-23(16-18-24(3,4)5)15-14-22(2)17-20-25-19-12-21-10-8-7-9-11-21/h7-11,17,20H,6,12-16,18-19H2,1-5H3/q+1/b20-17-. The van der Waals surface area contributed by atoms with Crippen molar-refractivity contribution in [2.45, 2.75) is 19.8 Å². The molecule has 142 valence electrons. The lowest BCUT2D eigenvalue weighted by Gasteiger charge is -2.29. The minimum Gasteiger partial charge on any atom is -0.499 e. The third-order valence-corrected chi connectivity index (χ3v) is 4.16. The van der Waals surface area contributed by atoms with Gasteiger partial charge in [0.05, 0.1) is 40.6 Å². The Bertz CT molecular complexity index is 468. The molecule has 4 heteroatoms. The summed E-state index contributed by atoms with van der Waals surface area (Å²) in [6.07, 6.45) is 6.01. The number of likely N-dealkylation sites (N-methyl/N-ethyl adjacent to an activating group) is 2. The van der Waals surface area contributed by atoms with Gasteiger partial charge >= 0.3 is 0 Å². The van der Waals surface area contributed by atoms with Crippen LogP contribution >= 0.6 is 0 Å². The van der Waals surface area contributed by atoms with Gasteiger partial charge in [0, 0.05) is 39.3 Å². The quantitative estimate of drug-likeness (QED) is 0.310. The van der Waals surface area contributed by atoms with Crippen LogP contribution in [-0.2, 0) is 11.2 Å². The van der Waals surface area contributed by atoms with E-state index in [1.165, 1.54) is 25.1 Å². The van der Waals surface area contributed by atoms with Gasteiger partial charge < -0.3 is 14.1 Å². The largest absolute Gasteiger partial charge is 0.499 e. The molecule has 0 bridgehead atoms. The Labute approximate surface area is 155 Å². The van der Waals surface area contributed by atoms with Gasteiger partial charge in [-0.15, -0.1) is 0 Å². The average molecular weight is 349 g/mol. The maximum Gasteiger partial charge on any atom is 0.0987 e. The molecule has 0 saturated carbocycles. The van der Waals surface area contributed by atoms with Crippen LogP contribution in [-0.4, -0.2) is 81.8 Å². The number of benzene rings is 1. The third kappa shape index (κ3) is 11.6. The van der Waals surface area contributed by atoms with E-state index < -0.39 is 0 Å². The molecular weight excluding hydrogens is 310 g/mol. The molecule has 4 nitrogen and oxygen atoms in total. The molecule has 0 saturated heterocycles. The Morgan fingerprint density at radius 2 is 1.72 bits per heavy atom. The van der Waals surface area contributed by atoms with Crippen molar-refractivity contribution in [2.75, 3.05) is 67.5 Å². The highest BCUT2D eigenvalue weighted by molar-refractivity contribution is 5.14. The predicted molar refractivity (Wildman–Crippen MR) is 107 cm³/mol. The van der Waals surface area contributed by atoms with Gasteiger partial charge in [0.1, 0.15) is 0 Å². The maximum atomic E-state index is 5.62. The van der Waals surface area contributed by atoms with E-state index >= 15 is 0 Å². The second kappa shape index (κ2) is 11.9. The van der Waals surface area contributed by atoms with E-state index in [9.17, 15) is 0 Å². The van der Waals surface area contributed by atoms with Gasteiger partial charge in [-0.25, -0.2) is 0 Å². The van der Waals surface area contributed by atoms with Crippen LogP contribution in [0.2, 0.25) is 0 Å². The molecule has 0 aliphatic rings. The van der Waals surface area contributed by atoms with Crippen LogP contribution in [0.3, 0.4) is 0 Å². The van der Waals surface area contributed by atoms with Crippen molar-refractivity contribution >= 4 is 0 Å². The van der Waals surface area contributed by atoms with Gasteiger partial charge in [0.15, 0.2) is 0 Å². The van der Waals surface area contributed by atoms with Crippen molar-refractivity contribution < 1.29 is 9.22 Å². The van der Waals surface area contributed by atoms with Crippen LogP contribution in [0, 0.1) is 0 Å². The summed E-state index contributed by atoms with van der Waals surface area (Å²) in [6, 6.07) is 10.5. The highest BCUT2D eigenvalue weighted by Crippen LogP contribution is 2.00. The summed E-state index contributed by atoms with van der Waals surface area (Å²) in [5, 5.41) is 0. The van der Waals surface area contributed by atoms with Crippen molar-refractivity contribution in [3.05, 3.63) is 48.4 Å². The zero-order valence-electron chi connectivity index (χ0n) is 16.9. The summed E-state index contributed by atoms with van der Waals surface area (Å²) < 4.78 is 6.64. The summed E-state index contributed by atoms with van der Waals surface area (Å²) in [7, 11) is 8.88. The fourth-order valence-electron chi connectivity index (χ4n) is 2.50. The van der Waals surface area contributed by atoms with Crippen molar-refractivity contribution in [1.29, 1.82) is 0 Å². The van der Waals surface area contributed by atoms with Crippen LogP contribution in [0.1, 0.15) is 18.9 Å². The van der Waals surface area contributed by atoms with Crippen LogP contribution in [0.5, 0.6) is 0 Å². The third-order valence-electron chi connectivity index (χ3n) is 4.16. The number of quaternary nitrogens is 1. The minimum atomic E-state index is 0.722. The second-order valence-corrected chi connectivity index (χ2v) is 7.73. The van der Waals surface area contributed by atoms with E-state index in [2.05, 4.69) is 69.2 Å². The molecule has 0 amide bonds. The Morgan fingerprint density at radius 1 is 1.00 bits per heavy atom. The van der Waals surface area contributed by atoms with Crippen molar-refractivity contribution in [1.82, 2.24) is 9.80 Å². The fraction of sp³-hybridized carbons (Fsp3) is 0.619. The minimum absolute atomic E-state index is 0.722. The Balaban J connectivity index is 2.21. The van der Waals surface area contributed by atoms with Gasteiger partial charge in [-0.05, 0) is 18.5 Å². The lowest BCUT2D eigenvalue weighted by atomic mass is 10.2. The zero-order valence-corrected chi connectivity index (χ0v) is 16.9. The van der Waals surface area contributed by atoms with E-state index in [1.54, 1.807) is 0 Å². The molecular formula is C21H38N3O+. The monoisotopic (exact) mass is 348 g/mol. The Kier molecular flexibility index (Phi) is 10.3. The predicted octanol–water partition coefficient (Wildman–Crippen LogP) is 3.07. The van der Waals surface area contributed by atoms with Gasteiger partial charge in [-0.3, -0.25) is 4.90 Å². The molecule has 0 aromatic heterocycles. The zero-order chi connectivity index (χ0) is 18.5. The first-order valence-electron chi connectivity index (χ1n) is 9.46. The van der Waals surface area contributed by atoms with Crippen LogP contribution in [0.25, 0.3) is 0 Å². The van der Waals surface area contributed by atoms with Gasteiger partial charge in [-0.1, -0.05) is 37.3 Å². The molecule has 0 N–H and O–H groups in total. The van der Waals surface area contributed by atoms with Gasteiger partial charge in [-0.2, -0.15) is 0 Å². The molecule has 0 heterocycles. The molecule has 1 aromatic rings. The van der Waals surface area contributed by atoms with E-state index in [4.69, 9.17) is 4.74 Å². The average Bonchev–Trinajstić information content (AvgIpc) is 2.57. The van der Waals surface area contributed by atoms with Crippen molar-refractivity contribution in [3.8, 4) is 0 Å². The Hall–Kier alpha value is -1.52. The van der Waals surface area contributed by atoms with E-state index in [1.807, 2.05) is 18.5 Å². The van der Waals surface area contributed by atoms with Crippen LogP contribution in [0.15, 0.2) is 42.8 Å². The molecule has 1 rings (SSSR count). The molecule has 1 aromatic carbocycles. The molecule has 0 aliphatic carbocycles. The first-order chi connectivity index (χ1) is 11.9. The highest BCUT2D eigenvalue weighted by atomic mass is 16.5. The van der Waals surface area contributed by atoms with Crippen molar-refractivity contribution in [3.63, 3.8) is 0 Å². The fourth-order valence-corrected chi connectivity index (χ4v) is 2.50. The van der Waals surface area contributed by atoms with E-state index in [0.717, 1.165) is 37.1 Å². The lowest BCUT2D eigenvalue weighted by molar-refractivity contribution is -0.869. The normalized spacial score (nSPS) is 12.1. The van der Waals surface area contributed by atoms with E-state index in [-0.39, 0.29) is 0 Å². The number of hydrogen-bond acceptors (Lipinski definition) is 3. The first kappa shape index (κ1) is 21.5. The summed E-state index contributed by atoms with van der Waals surface area (Å²) in [6.45, 7) is 8.60. The Morgan fingerprint density at radius 3 is 2.36 bits per heavy atom. The second-order valence-electron chi connectivity index (χ2n) is 7.73. The van der Waals surface area contributed by atoms with Crippen LogP contribution < -0.4 is 0 Å². The molecule has 0 fully saturated rings. The lowest BCUT2D eigenvalue weighted by Crippen LogP contribution is -2.43. The molecule has 0 unspecified atom stereocenters. The number of hydrogen-bond donors (Lipinski definition) is 0. The SMILES string of the molecule is CCCN(CCN(C)/C=C\OCCc1ccccc1)CC[N+](C)(C)C. The molecule has 0 radical (unpaired) electrons. The summed E-state index contributed by atoms with van der Waals surface area (Å²) >= 11 is 0. The summed E-state index contributed by atoms with van der Waals surface area (Å²) in [5.74, 6) is 0. The van der Waals surface area contributed by atoms with Gasteiger partial charge in [0.25, 0.3) is 0 Å². The van der Waals surface area contributed by atoms with Crippen LogP contribution in [0.4, 0.5) is 0 Å². The maximum absolute atomic E-state index is 5.62. The smallest absolute Gasteiger partial charge is 0.0987 e. The van der Waals surface area contributed by atoms with Gasteiger partial charge in [0.2, 0.25) is 0 Å². The number of rotatable bonds is 13. The summed E-state index contributed by atoms with van der Waals surface area (Å²) in [5.41, 5.74) is 1.32. The molecule has 0 spiro atoms. The molecule has 0 atom stereocenters. The molecule has 25 heavy (non-hydrogen) atoms. The first-order valence-corrected chi connectivity index (χ1v) is 9.46. The number of nitrogens with zero attached hydrogens (tertiary/aromatic N) is 3. The highest BCUT2D eigenvalue weighted by Gasteiger charge is 2.11.